The van der Waals surface area contributed by atoms with E-state index in [4.69, 9.17) is 9.26 Å². The van der Waals surface area contributed by atoms with E-state index >= 15 is 0 Å². The number of aromatic nitrogens is 2. The summed E-state index contributed by atoms with van der Waals surface area (Å²) < 4.78 is 10.7. The second-order valence-corrected chi connectivity index (χ2v) is 4.90. The highest BCUT2D eigenvalue weighted by atomic mass is 16.5. The molecule has 2 heterocycles. The molecule has 2 N–H and O–H groups in total. The minimum Gasteiger partial charge on any atom is -0.485 e. The van der Waals surface area contributed by atoms with E-state index in [0.29, 0.717) is 18.7 Å². The maximum absolute atomic E-state index is 10.5. The van der Waals surface area contributed by atoms with Gasteiger partial charge in [-0.1, -0.05) is 23.4 Å². The Hall–Kier alpha value is -1.92. The summed E-state index contributed by atoms with van der Waals surface area (Å²) >= 11 is 0. The molecule has 106 valence electrons. The molecule has 1 aliphatic heterocycles. The third-order valence-electron chi connectivity index (χ3n) is 3.41. The average Bonchev–Trinajstić information content (AvgIpc) is 2.97. The zero-order valence-electron chi connectivity index (χ0n) is 11.1. The number of nitrogens with one attached hydrogen (secondary N) is 1. The van der Waals surface area contributed by atoms with Gasteiger partial charge in [0, 0.05) is 0 Å². The number of aliphatic hydroxyl groups is 1. The Labute approximate surface area is 116 Å². The zero-order chi connectivity index (χ0) is 13.8. The fourth-order valence-corrected chi connectivity index (χ4v) is 2.22. The maximum Gasteiger partial charge on any atom is 0.258 e. The van der Waals surface area contributed by atoms with Gasteiger partial charge in [-0.05, 0) is 38.1 Å². The zero-order valence-corrected chi connectivity index (χ0v) is 11.1. The molecule has 0 bridgehead atoms. The third-order valence-corrected chi connectivity index (χ3v) is 3.41. The lowest BCUT2D eigenvalue weighted by molar-refractivity contribution is -0.0228. The Bertz CT molecular complexity index is 550. The molecule has 1 saturated heterocycles. The van der Waals surface area contributed by atoms with E-state index < -0.39 is 5.60 Å². The molecular weight excluding hydrogens is 258 g/mol. The van der Waals surface area contributed by atoms with E-state index in [1.807, 2.05) is 30.3 Å². The molecule has 1 aliphatic rings. The Morgan fingerprint density at radius 2 is 2.00 bits per heavy atom. The summed E-state index contributed by atoms with van der Waals surface area (Å²) in [4.78, 5) is 4.24. The second-order valence-electron chi connectivity index (χ2n) is 4.90. The van der Waals surface area contributed by atoms with Crippen molar-refractivity contribution in [1.82, 2.24) is 15.5 Å². The maximum atomic E-state index is 10.5. The number of nitrogens with zero attached hydrogens (tertiary/aromatic N) is 2. The van der Waals surface area contributed by atoms with Crippen LogP contribution in [0.15, 0.2) is 34.9 Å². The molecule has 0 spiro atoms. The van der Waals surface area contributed by atoms with Gasteiger partial charge in [0.2, 0.25) is 5.82 Å². The molecule has 0 saturated carbocycles. The first-order valence-electron chi connectivity index (χ1n) is 6.70. The van der Waals surface area contributed by atoms with Crippen molar-refractivity contribution in [1.29, 1.82) is 0 Å². The summed E-state index contributed by atoms with van der Waals surface area (Å²) in [6, 6.07) is 9.44. The lowest BCUT2D eigenvalue weighted by Gasteiger charge is -2.28. The van der Waals surface area contributed by atoms with Crippen LogP contribution in [-0.2, 0) is 12.2 Å². The lowest BCUT2D eigenvalue weighted by Crippen LogP contribution is -2.39. The van der Waals surface area contributed by atoms with E-state index in [1.54, 1.807) is 0 Å². The van der Waals surface area contributed by atoms with Crippen LogP contribution in [0.25, 0.3) is 0 Å². The summed E-state index contributed by atoms with van der Waals surface area (Å²) in [5.41, 5.74) is -1.01. The van der Waals surface area contributed by atoms with Crippen LogP contribution in [0, 0.1) is 0 Å². The molecule has 20 heavy (non-hydrogen) atoms. The Kier molecular flexibility index (Phi) is 3.66. The smallest absolute Gasteiger partial charge is 0.258 e. The standard InChI is InChI=1S/C14H17N3O3/c18-14(6-8-15-9-7-14)13-16-12(17-20-13)10-19-11-4-2-1-3-5-11/h1-5,15,18H,6-10H2. The molecule has 6 nitrogen and oxygen atoms in total. The van der Waals surface area contributed by atoms with Crippen molar-refractivity contribution in [2.45, 2.75) is 25.0 Å². The highest BCUT2D eigenvalue weighted by Gasteiger charge is 2.36. The Morgan fingerprint density at radius 3 is 2.75 bits per heavy atom. The normalized spacial score (nSPS) is 17.9. The van der Waals surface area contributed by atoms with Crippen LogP contribution in [0.2, 0.25) is 0 Å². The van der Waals surface area contributed by atoms with E-state index in [9.17, 15) is 5.11 Å². The van der Waals surface area contributed by atoms with Gasteiger partial charge in [0.15, 0.2) is 6.61 Å². The molecule has 0 amide bonds. The van der Waals surface area contributed by atoms with Crippen LogP contribution in [0.1, 0.15) is 24.6 Å². The Balaban J connectivity index is 1.65. The van der Waals surface area contributed by atoms with Crippen molar-refractivity contribution in [3.05, 3.63) is 42.0 Å². The molecule has 6 heteroatoms. The van der Waals surface area contributed by atoms with Crippen molar-refractivity contribution >= 4 is 0 Å². The van der Waals surface area contributed by atoms with Gasteiger partial charge in [0.1, 0.15) is 11.4 Å². The van der Waals surface area contributed by atoms with Crippen LogP contribution in [-0.4, -0.2) is 28.3 Å². The molecule has 2 aromatic rings. The average molecular weight is 275 g/mol. The fraction of sp³-hybridized carbons (Fsp3) is 0.429. The van der Waals surface area contributed by atoms with Crippen LogP contribution in [0.4, 0.5) is 0 Å². The minimum atomic E-state index is -1.01. The number of para-hydroxylation sites is 1. The highest BCUT2D eigenvalue weighted by molar-refractivity contribution is 5.21. The Morgan fingerprint density at radius 1 is 1.25 bits per heavy atom. The van der Waals surface area contributed by atoms with E-state index in [1.165, 1.54) is 0 Å². The van der Waals surface area contributed by atoms with Gasteiger partial charge >= 0.3 is 0 Å². The van der Waals surface area contributed by atoms with Gasteiger partial charge < -0.3 is 19.7 Å². The fourth-order valence-electron chi connectivity index (χ4n) is 2.22. The van der Waals surface area contributed by atoms with Crippen LogP contribution < -0.4 is 10.1 Å². The number of hydrogen-bond acceptors (Lipinski definition) is 6. The number of benzene rings is 1. The molecule has 1 fully saturated rings. The molecule has 0 aliphatic carbocycles. The topological polar surface area (TPSA) is 80.4 Å². The quantitative estimate of drug-likeness (QED) is 0.873. The largest absolute Gasteiger partial charge is 0.485 e. The minimum absolute atomic E-state index is 0.224. The van der Waals surface area contributed by atoms with Crippen LogP contribution in [0.3, 0.4) is 0 Å². The van der Waals surface area contributed by atoms with Gasteiger partial charge in [-0.25, -0.2) is 0 Å². The van der Waals surface area contributed by atoms with Gasteiger partial charge in [0.25, 0.3) is 5.89 Å². The first-order valence-corrected chi connectivity index (χ1v) is 6.70. The molecule has 1 aromatic heterocycles. The first-order chi connectivity index (χ1) is 9.76. The van der Waals surface area contributed by atoms with Crippen molar-refractivity contribution in [2.24, 2.45) is 0 Å². The van der Waals surface area contributed by atoms with Crippen molar-refractivity contribution in [3.63, 3.8) is 0 Å². The van der Waals surface area contributed by atoms with Crippen molar-refractivity contribution < 1.29 is 14.4 Å². The molecular formula is C14H17N3O3. The first kappa shape index (κ1) is 13.1. The van der Waals surface area contributed by atoms with E-state index in [2.05, 4.69) is 15.5 Å². The molecule has 1 aromatic carbocycles. The number of hydrogen-bond donors (Lipinski definition) is 2. The molecule has 0 unspecified atom stereocenters. The van der Waals surface area contributed by atoms with Crippen molar-refractivity contribution in [2.75, 3.05) is 13.1 Å². The van der Waals surface area contributed by atoms with Crippen molar-refractivity contribution in [3.8, 4) is 5.75 Å². The summed E-state index contributed by atoms with van der Waals surface area (Å²) in [6.07, 6.45) is 1.16. The van der Waals surface area contributed by atoms with Crippen LogP contribution >= 0.6 is 0 Å². The monoisotopic (exact) mass is 275 g/mol. The van der Waals surface area contributed by atoms with Gasteiger partial charge in [0.05, 0.1) is 0 Å². The highest BCUT2D eigenvalue weighted by Crippen LogP contribution is 2.28. The number of piperidine rings is 1. The predicted octanol–water partition coefficient (Wildman–Crippen LogP) is 1.22. The lowest BCUT2D eigenvalue weighted by atomic mass is 9.92. The van der Waals surface area contributed by atoms with E-state index in [-0.39, 0.29) is 12.5 Å². The molecule has 3 rings (SSSR count). The summed E-state index contributed by atoms with van der Waals surface area (Å²) in [5.74, 6) is 1.47. The van der Waals surface area contributed by atoms with Gasteiger partial charge in [-0.15, -0.1) is 0 Å². The predicted molar refractivity (Wildman–Crippen MR) is 71.1 cm³/mol. The second kappa shape index (κ2) is 5.60. The SMILES string of the molecule is OC1(c2nc(COc3ccccc3)no2)CCNCC1. The van der Waals surface area contributed by atoms with Crippen LogP contribution in [0.5, 0.6) is 5.75 Å². The molecule has 0 atom stereocenters. The third kappa shape index (κ3) is 2.81. The molecule has 0 radical (unpaired) electrons. The summed E-state index contributed by atoms with van der Waals surface area (Å²) in [5, 5.41) is 17.5. The van der Waals surface area contributed by atoms with E-state index in [0.717, 1.165) is 18.8 Å². The number of ether oxygens (including phenoxy) is 1. The van der Waals surface area contributed by atoms with Gasteiger partial charge in [-0.3, -0.25) is 0 Å². The summed E-state index contributed by atoms with van der Waals surface area (Å²) in [6.45, 7) is 1.71. The number of rotatable bonds is 4. The summed E-state index contributed by atoms with van der Waals surface area (Å²) in [7, 11) is 0. The van der Waals surface area contributed by atoms with Gasteiger partial charge in [-0.2, -0.15) is 4.98 Å².